The Morgan fingerprint density at radius 2 is 1.50 bits per heavy atom. The lowest BCUT2D eigenvalue weighted by molar-refractivity contribution is 0.102. The topological polar surface area (TPSA) is 32.3 Å². The van der Waals surface area contributed by atoms with Crippen LogP contribution in [0.1, 0.15) is 21.5 Å². The van der Waals surface area contributed by atoms with Gasteiger partial charge in [0, 0.05) is 42.2 Å². The second-order valence-electron chi connectivity index (χ2n) is 6.10. The fourth-order valence-corrected chi connectivity index (χ4v) is 2.47. The molecule has 0 spiro atoms. The van der Waals surface area contributed by atoms with E-state index in [1.807, 2.05) is 91.8 Å². The molecule has 0 aliphatic rings. The van der Waals surface area contributed by atoms with Crippen LogP contribution in [0, 0.1) is 11.8 Å². The second-order valence-corrected chi connectivity index (χ2v) is 6.10. The number of nitrogens with zero attached hydrogens (tertiary/aromatic N) is 1. The second kappa shape index (κ2) is 8.04. The van der Waals surface area contributed by atoms with E-state index in [0.29, 0.717) is 5.56 Å². The molecule has 3 aromatic carbocycles. The summed E-state index contributed by atoms with van der Waals surface area (Å²) in [5, 5.41) is 2.94. The zero-order chi connectivity index (χ0) is 18.4. The van der Waals surface area contributed by atoms with Crippen molar-refractivity contribution >= 4 is 17.3 Å². The number of hydrogen-bond donors (Lipinski definition) is 1. The molecule has 3 nitrogen and oxygen atoms in total. The summed E-state index contributed by atoms with van der Waals surface area (Å²) in [6.07, 6.45) is 0. The summed E-state index contributed by atoms with van der Waals surface area (Å²) >= 11 is 0. The van der Waals surface area contributed by atoms with Crippen LogP contribution in [0.3, 0.4) is 0 Å². The van der Waals surface area contributed by atoms with Gasteiger partial charge in [0.2, 0.25) is 0 Å². The van der Waals surface area contributed by atoms with Crippen LogP contribution in [0.15, 0.2) is 78.9 Å². The van der Waals surface area contributed by atoms with Gasteiger partial charge in [-0.05, 0) is 48.5 Å². The zero-order valence-corrected chi connectivity index (χ0v) is 14.9. The van der Waals surface area contributed by atoms with Crippen molar-refractivity contribution in [1.82, 2.24) is 0 Å². The lowest BCUT2D eigenvalue weighted by atomic mass is 10.1. The summed E-state index contributed by atoms with van der Waals surface area (Å²) in [5.74, 6) is 6.12. The Hall–Kier alpha value is -3.51. The van der Waals surface area contributed by atoms with Gasteiger partial charge < -0.3 is 10.2 Å². The summed E-state index contributed by atoms with van der Waals surface area (Å²) in [7, 11) is 3.90. The summed E-state index contributed by atoms with van der Waals surface area (Å²) in [6, 6.07) is 24.9. The Balaban J connectivity index is 1.76. The Morgan fingerprint density at radius 1 is 0.808 bits per heavy atom. The number of carbonyl (C=O) groups excluding carboxylic acids is 1. The Kier molecular flexibility index (Phi) is 5.36. The third kappa shape index (κ3) is 4.52. The SMILES string of the molecule is CN(C)c1cccc(C(=O)Nc2cccc(C#Cc3ccccc3)c2)c1. The maximum atomic E-state index is 12.5. The van der Waals surface area contributed by atoms with Gasteiger partial charge in [-0.15, -0.1) is 0 Å². The Bertz CT molecular complexity index is 966. The van der Waals surface area contributed by atoms with E-state index in [9.17, 15) is 4.79 Å². The molecule has 1 N–H and O–H groups in total. The van der Waals surface area contributed by atoms with Gasteiger partial charge in [-0.1, -0.05) is 42.2 Å². The van der Waals surface area contributed by atoms with Gasteiger partial charge in [0.1, 0.15) is 0 Å². The Labute approximate surface area is 154 Å². The van der Waals surface area contributed by atoms with Crippen molar-refractivity contribution < 1.29 is 4.79 Å². The third-order valence-corrected chi connectivity index (χ3v) is 3.87. The molecule has 3 heteroatoms. The lowest BCUT2D eigenvalue weighted by Gasteiger charge is -2.13. The molecule has 0 radical (unpaired) electrons. The number of nitrogens with one attached hydrogen (secondary N) is 1. The van der Waals surface area contributed by atoms with Crippen molar-refractivity contribution in [3.05, 3.63) is 95.6 Å². The molecule has 0 unspecified atom stereocenters. The maximum Gasteiger partial charge on any atom is 0.255 e. The Morgan fingerprint density at radius 3 is 2.27 bits per heavy atom. The van der Waals surface area contributed by atoms with Crippen LogP contribution in [-0.2, 0) is 0 Å². The van der Waals surface area contributed by atoms with Crippen LogP contribution >= 0.6 is 0 Å². The molecule has 0 saturated carbocycles. The molecule has 0 aliphatic heterocycles. The van der Waals surface area contributed by atoms with Gasteiger partial charge in [0.25, 0.3) is 5.91 Å². The first kappa shape index (κ1) is 17.3. The number of benzene rings is 3. The van der Waals surface area contributed by atoms with E-state index in [4.69, 9.17) is 0 Å². The highest BCUT2D eigenvalue weighted by atomic mass is 16.1. The largest absolute Gasteiger partial charge is 0.378 e. The van der Waals surface area contributed by atoms with Crippen molar-refractivity contribution in [2.75, 3.05) is 24.3 Å². The van der Waals surface area contributed by atoms with Gasteiger partial charge in [-0.25, -0.2) is 0 Å². The molecule has 3 aromatic rings. The van der Waals surface area contributed by atoms with Gasteiger partial charge >= 0.3 is 0 Å². The van der Waals surface area contributed by atoms with Crippen molar-refractivity contribution in [2.45, 2.75) is 0 Å². The average Bonchev–Trinajstić information content (AvgIpc) is 2.67. The van der Waals surface area contributed by atoms with Gasteiger partial charge in [-0.2, -0.15) is 0 Å². The molecule has 128 valence electrons. The molecule has 0 aliphatic carbocycles. The molecular formula is C23H20N2O. The molecular weight excluding hydrogens is 320 g/mol. The van der Waals surface area contributed by atoms with E-state index in [2.05, 4.69) is 17.2 Å². The summed E-state index contributed by atoms with van der Waals surface area (Å²) in [4.78, 5) is 14.5. The first-order valence-corrected chi connectivity index (χ1v) is 8.38. The zero-order valence-electron chi connectivity index (χ0n) is 14.9. The molecule has 0 bridgehead atoms. The van der Waals surface area contributed by atoms with Crippen LogP contribution in [0.5, 0.6) is 0 Å². The minimum absolute atomic E-state index is 0.137. The fourth-order valence-electron chi connectivity index (χ4n) is 2.47. The molecule has 3 rings (SSSR count). The molecule has 0 heterocycles. The van der Waals surface area contributed by atoms with E-state index in [-0.39, 0.29) is 5.91 Å². The highest BCUT2D eigenvalue weighted by molar-refractivity contribution is 6.04. The van der Waals surface area contributed by atoms with Crippen molar-refractivity contribution in [3.63, 3.8) is 0 Å². The molecule has 26 heavy (non-hydrogen) atoms. The minimum Gasteiger partial charge on any atom is -0.378 e. The van der Waals surface area contributed by atoms with Crippen LogP contribution in [0.2, 0.25) is 0 Å². The number of hydrogen-bond acceptors (Lipinski definition) is 2. The molecule has 0 atom stereocenters. The minimum atomic E-state index is -0.137. The predicted molar refractivity (Wildman–Crippen MR) is 108 cm³/mol. The number of carbonyl (C=O) groups is 1. The highest BCUT2D eigenvalue weighted by Crippen LogP contribution is 2.16. The quantitative estimate of drug-likeness (QED) is 0.717. The molecule has 0 aromatic heterocycles. The summed E-state index contributed by atoms with van der Waals surface area (Å²) in [5.41, 5.74) is 4.15. The van der Waals surface area contributed by atoms with Crippen LogP contribution in [0.4, 0.5) is 11.4 Å². The van der Waals surface area contributed by atoms with E-state index in [1.54, 1.807) is 6.07 Å². The normalized spacial score (nSPS) is 9.77. The highest BCUT2D eigenvalue weighted by Gasteiger charge is 2.07. The summed E-state index contributed by atoms with van der Waals surface area (Å²) < 4.78 is 0. The van der Waals surface area contributed by atoms with Crippen molar-refractivity contribution in [1.29, 1.82) is 0 Å². The first-order valence-electron chi connectivity index (χ1n) is 8.38. The van der Waals surface area contributed by atoms with Crippen LogP contribution in [0.25, 0.3) is 0 Å². The smallest absolute Gasteiger partial charge is 0.255 e. The predicted octanol–water partition coefficient (Wildman–Crippen LogP) is 4.40. The first-order chi connectivity index (χ1) is 12.6. The van der Waals surface area contributed by atoms with Crippen molar-refractivity contribution in [2.24, 2.45) is 0 Å². The number of rotatable bonds is 3. The average molecular weight is 340 g/mol. The standard InChI is InChI=1S/C23H20N2O/c1-25(2)22-13-7-11-20(17-22)23(26)24-21-12-6-10-19(16-21)15-14-18-8-4-3-5-9-18/h3-13,16-17H,1-2H3,(H,24,26). The summed E-state index contributed by atoms with van der Waals surface area (Å²) in [6.45, 7) is 0. The monoisotopic (exact) mass is 340 g/mol. The van der Waals surface area contributed by atoms with Crippen LogP contribution < -0.4 is 10.2 Å². The van der Waals surface area contributed by atoms with Gasteiger partial charge in [0.05, 0.1) is 0 Å². The molecule has 1 amide bonds. The van der Waals surface area contributed by atoms with E-state index < -0.39 is 0 Å². The van der Waals surface area contributed by atoms with E-state index >= 15 is 0 Å². The lowest BCUT2D eigenvalue weighted by Crippen LogP contribution is -2.14. The van der Waals surface area contributed by atoms with Crippen LogP contribution in [-0.4, -0.2) is 20.0 Å². The van der Waals surface area contributed by atoms with Gasteiger partial charge in [-0.3, -0.25) is 4.79 Å². The van der Waals surface area contributed by atoms with Crippen molar-refractivity contribution in [3.8, 4) is 11.8 Å². The molecule has 0 saturated heterocycles. The fraction of sp³-hybridized carbons (Fsp3) is 0.0870. The number of amides is 1. The number of anilines is 2. The maximum absolute atomic E-state index is 12.5. The van der Waals surface area contributed by atoms with E-state index in [0.717, 1.165) is 22.5 Å². The van der Waals surface area contributed by atoms with E-state index in [1.165, 1.54) is 0 Å². The van der Waals surface area contributed by atoms with Gasteiger partial charge in [0.15, 0.2) is 0 Å². The third-order valence-electron chi connectivity index (χ3n) is 3.87. The molecule has 0 fully saturated rings.